The van der Waals surface area contributed by atoms with Crippen molar-refractivity contribution in [2.45, 2.75) is 18.9 Å². The third-order valence-electron chi connectivity index (χ3n) is 2.53. The van der Waals surface area contributed by atoms with E-state index in [9.17, 15) is 31.1 Å². The normalized spacial score (nSPS) is 13.0. The van der Waals surface area contributed by atoms with Crippen LogP contribution in [0.4, 0.5) is 26.3 Å². The van der Waals surface area contributed by atoms with Crippen molar-refractivity contribution in [2.75, 3.05) is 0 Å². The molecule has 0 aliphatic rings. The lowest BCUT2D eigenvalue weighted by Crippen LogP contribution is -2.23. The van der Waals surface area contributed by atoms with Crippen LogP contribution < -0.4 is 5.84 Å². The minimum Gasteiger partial charge on any atom is -0.478 e. The molecule has 0 saturated heterocycles. The molecule has 0 saturated carbocycles. The zero-order valence-corrected chi connectivity index (χ0v) is 11.8. The number of alkyl halides is 6. The number of nitrogens with zero attached hydrogens (tertiary/aromatic N) is 2. The van der Waals surface area contributed by atoms with Gasteiger partial charge >= 0.3 is 18.3 Å². The van der Waals surface area contributed by atoms with E-state index in [1.54, 1.807) is 0 Å². The number of hydrazine groups is 1. The van der Waals surface area contributed by atoms with Crippen molar-refractivity contribution in [2.24, 2.45) is 10.8 Å². The molecule has 132 valence electrons. The van der Waals surface area contributed by atoms with Crippen LogP contribution in [0.3, 0.4) is 0 Å². The van der Waals surface area contributed by atoms with E-state index in [0.717, 1.165) is 12.5 Å². The van der Waals surface area contributed by atoms with E-state index in [-0.39, 0.29) is 11.6 Å². The zero-order chi connectivity index (χ0) is 18.5. The number of hydrogen-bond acceptors (Lipinski definition) is 3. The standard InChI is InChI=1S/C13H11F6N3O2/c14-12(15,16)9-3-8(4-10(5-9)13(17,18)19)6-21-7-22(20)2-1-11(23)24/h1-5,7H,6,20H2,(H,23,24). The van der Waals surface area contributed by atoms with Crippen LogP contribution in [0.5, 0.6) is 0 Å². The number of carboxylic acid groups (broad SMARTS) is 1. The summed E-state index contributed by atoms with van der Waals surface area (Å²) in [4.78, 5) is 13.8. The molecule has 0 aliphatic heterocycles. The first-order valence-electron chi connectivity index (χ1n) is 6.12. The van der Waals surface area contributed by atoms with Gasteiger partial charge in [-0.15, -0.1) is 0 Å². The molecule has 1 rings (SSSR count). The summed E-state index contributed by atoms with van der Waals surface area (Å²) in [5.74, 6) is 3.96. The highest BCUT2D eigenvalue weighted by Gasteiger charge is 2.36. The summed E-state index contributed by atoms with van der Waals surface area (Å²) in [7, 11) is 0. The topological polar surface area (TPSA) is 78.9 Å². The Hall–Kier alpha value is -2.56. The van der Waals surface area contributed by atoms with Crippen molar-refractivity contribution in [1.82, 2.24) is 5.01 Å². The zero-order valence-electron chi connectivity index (χ0n) is 11.8. The lowest BCUT2D eigenvalue weighted by Gasteiger charge is -2.13. The summed E-state index contributed by atoms with van der Waals surface area (Å²) in [6, 6.07) is 1.10. The highest BCUT2D eigenvalue weighted by atomic mass is 19.4. The number of aliphatic carboxylic acids is 1. The summed E-state index contributed by atoms with van der Waals surface area (Å²) in [6.07, 6.45) is -7.47. The van der Waals surface area contributed by atoms with Crippen molar-refractivity contribution in [3.05, 3.63) is 47.2 Å². The van der Waals surface area contributed by atoms with Gasteiger partial charge in [-0.05, 0) is 23.8 Å². The molecule has 0 fully saturated rings. The Morgan fingerprint density at radius 2 is 1.62 bits per heavy atom. The molecular formula is C13H11F6N3O2. The third kappa shape index (κ3) is 6.28. The molecule has 3 N–H and O–H groups in total. The van der Waals surface area contributed by atoms with Gasteiger partial charge in [0.2, 0.25) is 0 Å². The molecule has 0 amide bonds. The molecule has 0 heterocycles. The summed E-state index contributed by atoms with van der Waals surface area (Å²) >= 11 is 0. The van der Waals surface area contributed by atoms with Crippen LogP contribution >= 0.6 is 0 Å². The molecule has 24 heavy (non-hydrogen) atoms. The van der Waals surface area contributed by atoms with Gasteiger partial charge in [0, 0.05) is 12.3 Å². The van der Waals surface area contributed by atoms with Crippen LogP contribution in [-0.4, -0.2) is 22.4 Å². The van der Waals surface area contributed by atoms with Crippen molar-refractivity contribution in [3.8, 4) is 0 Å². The molecule has 0 bridgehead atoms. The summed E-state index contributed by atoms with van der Waals surface area (Å²) < 4.78 is 76.0. The van der Waals surface area contributed by atoms with Gasteiger partial charge in [0.1, 0.15) is 6.34 Å². The first kappa shape index (κ1) is 19.5. The van der Waals surface area contributed by atoms with Crippen LogP contribution in [0.25, 0.3) is 0 Å². The maximum absolute atomic E-state index is 12.7. The van der Waals surface area contributed by atoms with Crippen LogP contribution in [0, 0.1) is 0 Å². The molecule has 5 nitrogen and oxygen atoms in total. The maximum atomic E-state index is 12.7. The van der Waals surface area contributed by atoms with Crippen LogP contribution in [0.1, 0.15) is 16.7 Å². The number of aliphatic imine (C=N–C) groups is 1. The Bertz CT molecular complexity index is 620. The number of benzene rings is 1. The molecular weight excluding hydrogens is 344 g/mol. The maximum Gasteiger partial charge on any atom is 0.416 e. The van der Waals surface area contributed by atoms with Gasteiger partial charge in [-0.1, -0.05) is 0 Å². The van der Waals surface area contributed by atoms with Crippen molar-refractivity contribution >= 4 is 12.3 Å². The number of carbonyl (C=O) groups is 1. The fourth-order valence-electron chi connectivity index (χ4n) is 1.54. The number of rotatable bonds is 5. The number of hydrogen-bond donors (Lipinski definition) is 2. The van der Waals surface area contributed by atoms with Gasteiger partial charge in [-0.3, -0.25) is 10.0 Å². The highest BCUT2D eigenvalue weighted by molar-refractivity contribution is 5.80. The molecule has 0 unspecified atom stereocenters. The second-order valence-electron chi connectivity index (χ2n) is 4.47. The quantitative estimate of drug-likeness (QED) is 0.213. The van der Waals surface area contributed by atoms with E-state index >= 15 is 0 Å². The highest BCUT2D eigenvalue weighted by Crippen LogP contribution is 2.36. The first-order chi connectivity index (χ1) is 10.9. The Morgan fingerprint density at radius 1 is 1.12 bits per heavy atom. The fraction of sp³-hybridized carbons (Fsp3) is 0.231. The summed E-state index contributed by atoms with van der Waals surface area (Å²) in [6.45, 7) is -0.512. The summed E-state index contributed by atoms with van der Waals surface area (Å²) in [5, 5.41) is 9.04. The van der Waals surface area contributed by atoms with E-state index < -0.39 is 36.0 Å². The lowest BCUT2D eigenvalue weighted by atomic mass is 10.0. The molecule has 1 aromatic rings. The van der Waals surface area contributed by atoms with Gasteiger partial charge in [-0.25, -0.2) is 10.6 Å². The van der Waals surface area contributed by atoms with Gasteiger partial charge in [0.05, 0.1) is 17.7 Å². The molecule has 0 aromatic heterocycles. The van der Waals surface area contributed by atoms with Crippen LogP contribution in [0.2, 0.25) is 0 Å². The van der Waals surface area contributed by atoms with Crippen molar-refractivity contribution < 1.29 is 36.2 Å². The van der Waals surface area contributed by atoms with E-state index in [0.29, 0.717) is 23.2 Å². The second-order valence-corrected chi connectivity index (χ2v) is 4.47. The Kier molecular flexibility index (Phi) is 5.96. The number of nitrogens with two attached hydrogens (primary N) is 1. The van der Waals surface area contributed by atoms with Crippen molar-refractivity contribution in [3.63, 3.8) is 0 Å². The van der Waals surface area contributed by atoms with E-state index in [1.165, 1.54) is 0 Å². The molecule has 0 aliphatic carbocycles. The van der Waals surface area contributed by atoms with Crippen molar-refractivity contribution in [1.29, 1.82) is 0 Å². The van der Waals surface area contributed by atoms with Gasteiger partial charge in [0.25, 0.3) is 0 Å². The minimum absolute atomic E-state index is 0.0120. The summed E-state index contributed by atoms with van der Waals surface area (Å²) in [5.41, 5.74) is -3.22. The molecule has 1 aromatic carbocycles. The Balaban J connectivity index is 3.01. The third-order valence-corrected chi connectivity index (χ3v) is 2.53. The van der Waals surface area contributed by atoms with E-state index in [2.05, 4.69) is 4.99 Å². The lowest BCUT2D eigenvalue weighted by molar-refractivity contribution is -0.143. The number of carboxylic acids is 1. The van der Waals surface area contributed by atoms with E-state index in [1.807, 2.05) is 0 Å². The monoisotopic (exact) mass is 355 g/mol. The molecule has 11 heteroatoms. The minimum atomic E-state index is -4.94. The van der Waals surface area contributed by atoms with Crippen LogP contribution in [0.15, 0.2) is 35.5 Å². The van der Waals surface area contributed by atoms with Crippen LogP contribution in [-0.2, 0) is 23.7 Å². The average Bonchev–Trinajstić information content (AvgIpc) is 2.43. The largest absolute Gasteiger partial charge is 0.478 e. The van der Waals surface area contributed by atoms with Gasteiger partial charge < -0.3 is 5.11 Å². The van der Waals surface area contributed by atoms with Gasteiger partial charge in [0.15, 0.2) is 0 Å². The fourth-order valence-corrected chi connectivity index (χ4v) is 1.54. The Labute approximate surface area is 131 Å². The molecule has 0 radical (unpaired) electrons. The SMILES string of the molecule is NN(C=CC(=O)O)C=NCc1cc(C(F)(F)F)cc(C(F)(F)F)c1. The molecule has 0 atom stereocenters. The second kappa shape index (κ2) is 7.34. The molecule has 0 spiro atoms. The average molecular weight is 355 g/mol. The first-order valence-corrected chi connectivity index (χ1v) is 6.12. The van der Waals surface area contributed by atoms with E-state index in [4.69, 9.17) is 10.9 Å². The smallest absolute Gasteiger partial charge is 0.416 e. The predicted molar refractivity (Wildman–Crippen MR) is 71.4 cm³/mol. The Morgan fingerprint density at radius 3 is 2.04 bits per heavy atom. The number of halogens is 6. The predicted octanol–water partition coefficient (Wildman–Crippen LogP) is 3.03. The van der Waals surface area contributed by atoms with Gasteiger partial charge in [-0.2, -0.15) is 26.3 Å².